The first kappa shape index (κ1) is 18.9. The van der Waals surface area contributed by atoms with Crippen LogP contribution in [0.2, 0.25) is 0 Å². The minimum Gasteiger partial charge on any atom is -0.479 e. The molecule has 2 aliphatic rings. The molecule has 2 heterocycles. The molecule has 1 saturated heterocycles. The summed E-state index contributed by atoms with van der Waals surface area (Å²) < 4.78 is 5.60. The zero-order valence-corrected chi connectivity index (χ0v) is 15.4. The number of hydrogen-bond donors (Lipinski definition) is 1. The predicted octanol–water partition coefficient (Wildman–Crippen LogP) is 0.727. The molecule has 0 bridgehead atoms. The number of rotatable bonds is 4. The molecule has 1 aromatic carbocycles. The summed E-state index contributed by atoms with van der Waals surface area (Å²) in [4.78, 5) is 51.3. The molecule has 0 saturated carbocycles. The van der Waals surface area contributed by atoms with Crippen LogP contribution in [0.4, 0.5) is 5.69 Å². The van der Waals surface area contributed by atoms with Crippen LogP contribution in [0, 0.1) is 5.92 Å². The maximum absolute atomic E-state index is 12.7. The molecule has 0 radical (unpaired) electrons. The third-order valence-corrected chi connectivity index (χ3v) is 5.12. The van der Waals surface area contributed by atoms with E-state index in [1.807, 2.05) is 0 Å². The Hall–Kier alpha value is -2.90. The van der Waals surface area contributed by atoms with Gasteiger partial charge in [0, 0.05) is 24.6 Å². The van der Waals surface area contributed by atoms with Crippen molar-refractivity contribution < 1.29 is 23.9 Å². The van der Waals surface area contributed by atoms with Crippen LogP contribution in [0.1, 0.15) is 37.0 Å². The Balaban J connectivity index is 1.79. The first-order valence-corrected chi connectivity index (χ1v) is 8.98. The fraction of sp³-hybridized carbons (Fsp3) is 0.474. The second-order valence-electron chi connectivity index (χ2n) is 6.98. The van der Waals surface area contributed by atoms with Crippen LogP contribution in [0.15, 0.2) is 18.2 Å². The molecular weight excluding hydrogens is 350 g/mol. The molecule has 8 heteroatoms. The van der Waals surface area contributed by atoms with Crippen molar-refractivity contribution in [2.75, 3.05) is 24.5 Å². The van der Waals surface area contributed by atoms with Crippen molar-refractivity contribution in [2.24, 2.45) is 11.7 Å². The predicted molar refractivity (Wildman–Crippen MR) is 97.4 cm³/mol. The second-order valence-corrected chi connectivity index (χ2v) is 6.98. The molecule has 2 N–H and O–H groups in total. The van der Waals surface area contributed by atoms with Crippen LogP contribution in [0.5, 0.6) is 5.75 Å². The van der Waals surface area contributed by atoms with Gasteiger partial charge < -0.3 is 15.4 Å². The topological polar surface area (TPSA) is 110 Å². The molecule has 1 atom stereocenters. The Bertz CT molecular complexity index is 799. The Morgan fingerprint density at radius 3 is 2.48 bits per heavy atom. The highest BCUT2D eigenvalue weighted by atomic mass is 16.5. The van der Waals surface area contributed by atoms with E-state index in [1.54, 1.807) is 30.0 Å². The number of benzene rings is 1. The zero-order chi connectivity index (χ0) is 19.7. The summed E-state index contributed by atoms with van der Waals surface area (Å²) >= 11 is 0. The van der Waals surface area contributed by atoms with Crippen LogP contribution >= 0.6 is 0 Å². The van der Waals surface area contributed by atoms with Crippen LogP contribution in [0.3, 0.4) is 0 Å². The lowest BCUT2D eigenvalue weighted by Gasteiger charge is -2.36. The summed E-state index contributed by atoms with van der Waals surface area (Å²) in [5, 5.41) is 0. The molecule has 3 amide bonds. The Labute approximate surface area is 157 Å². The Morgan fingerprint density at radius 1 is 1.22 bits per heavy atom. The van der Waals surface area contributed by atoms with Gasteiger partial charge in [-0.25, -0.2) is 0 Å². The third kappa shape index (κ3) is 3.79. The van der Waals surface area contributed by atoms with Gasteiger partial charge in [-0.2, -0.15) is 0 Å². The maximum atomic E-state index is 12.7. The zero-order valence-electron chi connectivity index (χ0n) is 15.4. The van der Waals surface area contributed by atoms with Gasteiger partial charge in [0.05, 0.1) is 5.69 Å². The summed E-state index contributed by atoms with van der Waals surface area (Å²) in [5.74, 6) is -0.762. The number of carbonyl (C=O) groups excluding carboxylic acids is 4. The van der Waals surface area contributed by atoms with E-state index in [4.69, 9.17) is 10.5 Å². The number of primary amides is 1. The molecule has 1 unspecified atom stereocenters. The van der Waals surface area contributed by atoms with Crippen LogP contribution in [-0.4, -0.2) is 54.1 Å². The highest BCUT2D eigenvalue weighted by Gasteiger charge is 2.35. The molecule has 1 aromatic rings. The number of ether oxygens (including phenoxy) is 1. The third-order valence-electron chi connectivity index (χ3n) is 5.12. The van der Waals surface area contributed by atoms with Gasteiger partial charge in [-0.3, -0.25) is 24.1 Å². The van der Waals surface area contributed by atoms with Gasteiger partial charge in [-0.15, -0.1) is 0 Å². The molecule has 0 spiro atoms. The van der Waals surface area contributed by atoms with E-state index in [9.17, 15) is 19.2 Å². The SMILES string of the molecule is CC(=O)c1ccc2c(c1)N(CC(=O)N1CCC(C(N)=O)CC1)C(=O)C(C)O2. The molecular formula is C19H23N3O5. The van der Waals surface area contributed by atoms with Gasteiger partial charge in [-0.1, -0.05) is 0 Å². The number of hydrogen-bond acceptors (Lipinski definition) is 5. The first-order chi connectivity index (χ1) is 12.8. The number of piperidine rings is 1. The van der Waals surface area contributed by atoms with E-state index in [0.29, 0.717) is 42.9 Å². The summed E-state index contributed by atoms with van der Waals surface area (Å²) in [7, 11) is 0. The van der Waals surface area contributed by atoms with E-state index >= 15 is 0 Å². The molecule has 144 valence electrons. The molecule has 2 aliphatic heterocycles. The van der Waals surface area contributed by atoms with Crippen LogP contribution < -0.4 is 15.4 Å². The maximum Gasteiger partial charge on any atom is 0.268 e. The number of ketones is 1. The number of amides is 3. The van der Waals surface area contributed by atoms with Gasteiger partial charge in [0.25, 0.3) is 5.91 Å². The van der Waals surface area contributed by atoms with Gasteiger partial charge >= 0.3 is 0 Å². The highest BCUT2D eigenvalue weighted by molar-refractivity contribution is 6.05. The fourth-order valence-electron chi connectivity index (χ4n) is 3.44. The lowest BCUT2D eigenvalue weighted by Crippen LogP contribution is -2.51. The molecule has 27 heavy (non-hydrogen) atoms. The quantitative estimate of drug-likeness (QED) is 0.782. The first-order valence-electron chi connectivity index (χ1n) is 8.98. The van der Waals surface area contributed by atoms with Crippen molar-refractivity contribution in [3.05, 3.63) is 23.8 Å². The van der Waals surface area contributed by atoms with Crippen molar-refractivity contribution in [3.8, 4) is 5.75 Å². The van der Waals surface area contributed by atoms with Crippen molar-refractivity contribution >= 4 is 29.2 Å². The molecule has 0 aromatic heterocycles. The number of fused-ring (bicyclic) bond motifs is 1. The molecule has 8 nitrogen and oxygen atoms in total. The smallest absolute Gasteiger partial charge is 0.268 e. The molecule has 1 fully saturated rings. The number of likely N-dealkylation sites (tertiary alicyclic amines) is 1. The lowest BCUT2D eigenvalue weighted by atomic mass is 9.96. The summed E-state index contributed by atoms with van der Waals surface area (Å²) in [6.45, 7) is 3.79. The highest BCUT2D eigenvalue weighted by Crippen LogP contribution is 2.35. The number of nitrogens with zero attached hydrogens (tertiary/aromatic N) is 2. The minimum absolute atomic E-state index is 0.135. The average molecular weight is 373 g/mol. The largest absolute Gasteiger partial charge is 0.479 e. The van der Waals surface area contributed by atoms with Crippen molar-refractivity contribution in [2.45, 2.75) is 32.8 Å². The van der Waals surface area contributed by atoms with E-state index in [1.165, 1.54) is 11.8 Å². The number of carbonyl (C=O) groups is 4. The average Bonchev–Trinajstić information content (AvgIpc) is 2.64. The lowest BCUT2D eigenvalue weighted by molar-refractivity contribution is -0.135. The summed E-state index contributed by atoms with van der Waals surface area (Å²) in [6, 6.07) is 4.86. The van der Waals surface area contributed by atoms with Crippen LogP contribution in [-0.2, 0) is 14.4 Å². The number of anilines is 1. The van der Waals surface area contributed by atoms with Crippen molar-refractivity contribution in [1.29, 1.82) is 0 Å². The van der Waals surface area contributed by atoms with Gasteiger partial charge in [0.15, 0.2) is 11.9 Å². The number of nitrogens with two attached hydrogens (primary N) is 1. The standard InChI is InChI=1S/C19H23N3O5/c1-11(23)14-3-4-16-15(9-14)22(19(26)12(2)27-16)10-17(24)21-7-5-13(6-8-21)18(20)25/h3-4,9,12-13H,5-8,10H2,1-2H3,(H2,20,25). The van der Waals surface area contributed by atoms with E-state index in [2.05, 4.69) is 0 Å². The van der Waals surface area contributed by atoms with Gasteiger partial charge in [0.1, 0.15) is 12.3 Å². The summed E-state index contributed by atoms with van der Waals surface area (Å²) in [6.07, 6.45) is 0.341. The summed E-state index contributed by atoms with van der Waals surface area (Å²) in [5.41, 5.74) is 6.19. The molecule has 3 rings (SSSR count). The van der Waals surface area contributed by atoms with Gasteiger partial charge in [0.2, 0.25) is 11.8 Å². The van der Waals surface area contributed by atoms with Gasteiger partial charge in [-0.05, 0) is 44.9 Å². The minimum atomic E-state index is -0.714. The second kappa shape index (κ2) is 7.38. The fourth-order valence-corrected chi connectivity index (χ4v) is 3.44. The van der Waals surface area contributed by atoms with E-state index < -0.39 is 6.10 Å². The normalized spacial score (nSPS) is 20.1. The Morgan fingerprint density at radius 2 is 1.89 bits per heavy atom. The monoisotopic (exact) mass is 373 g/mol. The van der Waals surface area contributed by atoms with E-state index in [-0.39, 0.29) is 36.0 Å². The van der Waals surface area contributed by atoms with Crippen molar-refractivity contribution in [3.63, 3.8) is 0 Å². The van der Waals surface area contributed by atoms with E-state index in [0.717, 1.165) is 0 Å². The number of Topliss-reactive ketones (excluding diaryl/α,β-unsaturated/α-hetero) is 1. The molecule has 0 aliphatic carbocycles. The van der Waals surface area contributed by atoms with Crippen LogP contribution in [0.25, 0.3) is 0 Å². The van der Waals surface area contributed by atoms with Crippen molar-refractivity contribution in [1.82, 2.24) is 4.90 Å². The Kier molecular flexibility index (Phi) is 5.16.